The number of rotatable bonds is 4. The molecule has 4 nitrogen and oxygen atoms in total. The van der Waals surface area contributed by atoms with Crippen molar-refractivity contribution in [3.05, 3.63) is 80.5 Å². The van der Waals surface area contributed by atoms with Crippen LogP contribution in [0.3, 0.4) is 0 Å². The van der Waals surface area contributed by atoms with Crippen LogP contribution in [0.15, 0.2) is 65.4 Å². The molecule has 0 fully saturated rings. The van der Waals surface area contributed by atoms with E-state index in [4.69, 9.17) is 39.5 Å². The summed E-state index contributed by atoms with van der Waals surface area (Å²) in [5.74, 6) is 1.63. The van der Waals surface area contributed by atoms with Crippen molar-refractivity contribution in [2.45, 2.75) is 0 Å². The summed E-state index contributed by atoms with van der Waals surface area (Å²) in [4.78, 5) is 8.61. The molecular weight excluding hydrogens is 485 g/mol. The van der Waals surface area contributed by atoms with E-state index in [0.29, 0.717) is 32.4 Å². The summed E-state index contributed by atoms with van der Waals surface area (Å²) in [5, 5.41) is 5.53. The molecule has 4 rings (SSSR count). The minimum Gasteiger partial charge on any atom is -0.454 e. The molecule has 8 heteroatoms. The van der Waals surface area contributed by atoms with Crippen LogP contribution in [-0.4, -0.2) is 9.97 Å². The van der Waals surface area contributed by atoms with Crippen molar-refractivity contribution in [2.24, 2.45) is 0 Å². The Balaban J connectivity index is 1.61. The molecule has 1 N–H and O–H groups in total. The monoisotopic (exact) mass is 493 g/mol. The highest BCUT2D eigenvalue weighted by atomic mass is 79.9. The molecule has 0 atom stereocenters. The molecule has 1 aromatic heterocycles. The normalized spacial score (nSPS) is 10.9. The molecule has 0 saturated carbocycles. The predicted molar refractivity (Wildman–Crippen MR) is 119 cm³/mol. The summed E-state index contributed by atoms with van der Waals surface area (Å²) in [7, 11) is 0. The van der Waals surface area contributed by atoms with Gasteiger partial charge in [0.25, 0.3) is 0 Å². The number of nitrogens with one attached hydrogen (secondary N) is 1. The van der Waals surface area contributed by atoms with Crippen LogP contribution >= 0.6 is 50.7 Å². The van der Waals surface area contributed by atoms with Gasteiger partial charge in [-0.05, 0) is 54.6 Å². The Morgan fingerprint density at radius 2 is 1.57 bits per heavy atom. The number of halogens is 4. The van der Waals surface area contributed by atoms with Crippen LogP contribution < -0.4 is 10.1 Å². The fourth-order valence-corrected chi connectivity index (χ4v) is 3.63. The third kappa shape index (κ3) is 4.18. The second kappa shape index (κ2) is 8.13. The van der Waals surface area contributed by atoms with E-state index in [0.717, 1.165) is 21.1 Å². The lowest BCUT2D eigenvalue weighted by Crippen LogP contribution is -1.96. The maximum Gasteiger partial charge on any atom is 0.146 e. The SMILES string of the molecule is Clc1ccc(Oc2ccc(Nc3ncnc4ccc(Br)cc34)cc2Cl)c(Cl)c1. The largest absolute Gasteiger partial charge is 0.454 e. The molecule has 0 spiro atoms. The molecule has 1 heterocycles. The third-order valence-corrected chi connectivity index (χ3v) is 5.22. The smallest absolute Gasteiger partial charge is 0.146 e. The van der Waals surface area contributed by atoms with Crippen molar-refractivity contribution in [2.75, 3.05) is 5.32 Å². The van der Waals surface area contributed by atoms with E-state index >= 15 is 0 Å². The van der Waals surface area contributed by atoms with E-state index in [1.54, 1.807) is 30.3 Å². The van der Waals surface area contributed by atoms with Crippen LogP contribution in [0.25, 0.3) is 10.9 Å². The second-order valence-electron chi connectivity index (χ2n) is 5.83. The van der Waals surface area contributed by atoms with E-state index in [-0.39, 0.29) is 0 Å². The number of nitrogens with zero attached hydrogens (tertiary/aromatic N) is 2. The standard InChI is InChI=1S/C20H11BrCl3N3O/c21-11-1-4-17-14(7-11)20(26-10-25-17)27-13-3-6-19(16(24)9-13)28-18-5-2-12(22)8-15(18)23/h1-10H,(H,25,26,27). The van der Waals surface area contributed by atoms with Crippen LogP contribution in [-0.2, 0) is 0 Å². The third-order valence-electron chi connectivity index (χ3n) is 3.91. The second-order valence-corrected chi connectivity index (χ2v) is 8.00. The van der Waals surface area contributed by atoms with Crippen molar-refractivity contribution >= 4 is 73.1 Å². The first-order chi connectivity index (χ1) is 13.5. The van der Waals surface area contributed by atoms with Crippen molar-refractivity contribution in [1.29, 1.82) is 0 Å². The molecule has 0 radical (unpaired) electrons. The molecule has 0 unspecified atom stereocenters. The number of hydrogen-bond acceptors (Lipinski definition) is 4. The molecule has 0 saturated heterocycles. The Bertz CT molecular complexity index is 1190. The topological polar surface area (TPSA) is 47.0 Å². The highest BCUT2D eigenvalue weighted by molar-refractivity contribution is 9.10. The zero-order chi connectivity index (χ0) is 19.7. The predicted octanol–water partition coefficient (Wildman–Crippen LogP) is 7.89. The fraction of sp³-hybridized carbons (Fsp3) is 0. The zero-order valence-electron chi connectivity index (χ0n) is 14.1. The number of ether oxygens (including phenoxy) is 1. The van der Waals surface area contributed by atoms with Gasteiger partial charge in [0.1, 0.15) is 23.6 Å². The van der Waals surface area contributed by atoms with Gasteiger partial charge in [-0.25, -0.2) is 9.97 Å². The average Bonchev–Trinajstić information content (AvgIpc) is 2.66. The minimum atomic E-state index is 0.406. The Hall–Kier alpha value is -2.05. The lowest BCUT2D eigenvalue weighted by atomic mass is 10.2. The molecule has 28 heavy (non-hydrogen) atoms. The van der Waals surface area contributed by atoms with E-state index in [1.165, 1.54) is 6.33 Å². The van der Waals surface area contributed by atoms with E-state index < -0.39 is 0 Å². The number of anilines is 2. The van der Waals surface area contributed by atoms with Gasteiger partial charge < -0.3 is 10.1 Å². The maximum atomic E-state index is 6.40. The average molecular weight is 496 g/mol. The van der Waals surface area contributed by atoms with Crippen LogP contribution in [0.5, 0.6) is 11.5 Å². The maximum absolute atomic E-state index is 6.40. The molecule has 0 aliphatic rings. The highest BCUT2D eigenvalue weighted by Gasteiger charge is 2.10. The molecule has 0 amide bonds. The van der Waals surface area contributed by atoms with Crippen molar-refractivity contribution in [1.82, 2.24) is 9.97 Å². The van der Waals surface area contributed by atoms with Gasteiger partial charge >= 0.3 is 0 Å². The van der Waals surface area contributed by atoms with Crippen LogP contribution in [0, 0.1) is 0 Å². The molecule has 3 aromatic carbocycles. The van der Waals surface area contributed by atoms with Gasteiger partial charge in [0.15, 0.2) is 0 Å². The molecular formula is C20H11BrCl3N3O. The first kappa shape index (κ1) is 19.3. The van der Waals surface area contributed by atoms with E-state index in [9.17, 15) is 0 Å². The minimum absolute atomic E-state index is 0.406. The Kier molecular flexibility index (Phi) is 5.60. The number of aromatic nitrogens is 2. The lowest BCUT2D eigenvalue weighted by Gasteiger charge is -2.12. The number of benzene rings is 3. The number of fused-ring (bicyclic) bond motifs is 1. The first-order valence-corrected chi connectivity index (χ1v) is 10.0. The summed E-state index contributed by atoms with van der Waals surface area (Å²) in [6.07, 6.45) is 1.51. The molecule has 0 bridgehead atoms. The zero-order valence-corrected chi connectivity index (χ0v) is 17.9. The molecule has 0 aliphatic carbocycles. The molecule has 140 valence electrons. The fourth-order valence-electron chi connectivity index (χ4n) is 2.60. The summed E-state index contributed by atoms with van der Waals surface area (Å²) in [6.45, 7) is 0. The summed E-state index contributed by atoms with van der Waals surface area (Å²) >= 11 is 21.9. The number of hydrogen-bond donors (Lipinski definition) is 1. The van der Waals surface area contributed by atoms with Gasteiger partial charge in [0.05, 0.1) is 15.6 Å². The molecule has 4 aromatic rings. The van der Waals surface area contributed by atoms with Crippen LogP contribution in [0.2, 0.25) is 15.1 Å². The van der Waals surface area contributed by atoms with E-state index in [1.807, 2.05) is 24.3 Å². The highest BCUT2D eigenvalue weighted by Crippen LogP contribution is 2.36. The molecule has 0 aliphatic heterocycles. The van der Waals surface area contributed by atoms with Crippen molar-refractivity contribution in [3.63, 3.8) is 0 Å². The quantitative estimate of drug-likeness (QED) is 0.313. The van der Waals surface area contributed by atoms with Gasteiger partial charge in [0.2, 0.25) is 0 Å². The van der Waals surface area contributed by atoms with Crippen molar-refractivity contribution in [3.8, 4) is 11.5 Å². The Morgan fingerprint density at radius 3 is 2.32 bits per heavy atom. The summed E-state index contributed by atoms with van der Waals surface area (Å²) in [6, 6.07) is 16.2. The van der Waals surface area contributed by atoms with Gasteiger partial charge in [0, 0.05) is 20.6 Å². The van der Waals surface area contributed by atoms with Crippen molar-refractivity contribution < 1.29 is 4.74 Å². The van der Waals surface area contributed by atoms with Gasteiger partial charge in [-0.1, -0.05) is 50.7 Å². The van der Waals surface area contributed by atoms with Gasteiger partial charge in [-0.2, -0.15) is 0 Å². The summed E-state index contributed by atoms with van der Waals surface area (Å²) < 4.78 is 6.75. The van der Waals surface area contributed by atoms with Gasteiger partial charge in [-0.15, -0.1) is 0 Å². The van der Waals surface area contributed by atoms with Gasteiger partial charge in [-0.3, -0.25) is 0 Å². The summed E-state index contributed by atoms with van der Waals surface area (Å²) in [5.41, 5.74) is 1.60. The Labute approximate surface area is 184 Å². The first-order valence-electron chi connectivity index (χ1n) is 8.09. The van der Waals surface area contributed by atoms with Crippen LogP contribution in [0.1, 0.15) is 0 Å². The Morgan fingerprint density at radius 1 is 0.821 bits per heavy atom. The lowest BCUT2D eigenvalue weighted by molar-refractivity contribution is 0.483. The van der Waals surface area contributed by atoms with Crippen LogP contribution in [0.4, 0.5) is 11.5 Å². The van der Waals surface area contributed by atoms with E-state index in [2.05, 4.69) is 31.2 Å².